The van der Waals surface area contributed by atoms with E-state index in [1.165, 1.54) is 18.2 Å². The molecule has 0 bridgehead atoms. The molecule has 0 saturated heterocycles. The fraction of sp³-hybridized carbons (Fsp3) is 0. The molecule has 0 aliphatic carbocycles. The van der Waals surface area contributed by atoms with Gasteiger partial charge in [-0.05, 0) is 18.2 Å². The average molecular weight is 153 g/mol. The standard InChI is InChI=1S/C7H6FN2O/c8-5-2-1-3-6(4-5)10-7(9)11/h1-4H,(H2,9,11). The van der Waals surface area contributed by atoms with Crippen molar-refractivity contribution in [3.63, 3.8) is 0 Å². The molecular formula is C7H6FN2O. The number of halogens is 1. The van der Waals surface area contributed by atoms with Gasteiger partial charge in [-0.2, -0.15) is 5.32 Å². The van der Waals surface area contributed by atoms with Gasteiger partial charge in [-0.15, -0.1) is 0 Å². The number of benzene rings is 1. The minimum atomic E-state index is -0.824. The van der Waals surface area contributed by atoms with Crippen LogP contribution < -0.4 is 11.1 Å². The summed E-state index contributed by atoms with van der Waals surface area (Å²) in [6.07, 6.45) is 0. The van der Waals surface area contributed by atoms with Crippen molar-refractivity contribution in [1.82, 2.24) is 5.32 Å². The molecule has 2 N–H and O–H groups in total. The Morgan fingerprint density at radius 2 is 2.27 bits per heavy atom. The van der Waals surface area contributed by atoms with Gasteiger partial charge in [-0.25, -0.2) is 9.18 Å². The van der Waals surface area contributed by atoms with Crippen LogP contribution in [0.4, 0.5) is 14.9 Å². The molecule has 0 fully saturated rings. The molecule has 0 aliphatic rings. The molecule has 0 atom stereocenters. The molecule has 1 rings (SSSR count). The van der Waals surface area contributed by atoms with E-state index in [-0.39, 0.29) is 5.69 Å². The van der Waals surface area contributed by atoms with E-state index in [2.05, 4.69) is 5.32 Å². The number of hydrogen-bond acceptors (Lipinski definition) is 1. The average Bonchev–Trinajstić information content (AvgIpc) is 1.85. The van der Waals surface area contributed by atoms with Crippen LogP contribution in [-0.2, 0) is 0 Å². The van der Waals surface area contributed by atoms with Crippen LogP contribution in [0.3, 0.4) is 0 Å². The zero-order valence-electron chi connectivity index (χ0n) is 5.62. The summed E-state index contributed by atoms with van der Waals surface area (Å²) in [7, 11) is 0. The second-order valence-electron chi connectivity index (χ2n) is 1.93. The molecule has 11 heavy (non-hydrogen) atoms. The van der Waals surface area contributed by atoms with E-state index in [1.807, 2.05) is 0 Å². The second-order valence-corrected chi connectivity index (χ2v) is 1.93. The summed E-state index contributed by atoms with van der Waals surface area (Å²) in [6, 6.07) is 4.52. The van der Waals surface area contributed by atoms with Crippen molar-refractivity contribution in [2.45, 2.75) is 0 Å². The summed E-state index contributed by atoms with van der Waals surface area (Å²) in [5.74, 6) is -0.437. The van der Waals surface area contributed by atoms with Gasteiger partial charge in [-0.1, -0.05) is 6.07 Å². The van der Waals surface area contributed by atoms with Crippen LogP contribution in [0.1, 0.15) is 0 Å². The van der Waals surface area contributed by atoms with Gasteiger partial charge in [-0.3, -0.25) is 0 Å². The van der Waals surface area contributed by atoms with Crippen LogP contribution in [0.15, 0.2) is 24.3 Å². The minimum Gasteiger partial charge on any atom is -0.350 e. The first-order chi connectivity index (χ1) is 5.18. The number of carbonyl (C=O) groups is 1. The van der Waals surface area contributed by atoms with Crippen molar-refractivity contribution in [2.24, 2.45) is 5.73 Å². The van der Waals surface area contributed by atoms with E-state index in [0.717, 1.165) is 6.07 Å². The summed E-state index contributed by atoms with van der Waals surface area (Å²) >= 11 is 0. The van der Waals surface area contributed by atoms with Crippen molar-refractivity contribution in [3.8, 4) is 0 Å². The van der Waals surface area contributed by atoms with Crippen molar-refractivity contribution in [1.29, 1.82) is 0 Å². The zero-order chi connectivity index (χ0) is 8.27. The number of nitrogens with zero attached hydrogens (tertiary/aromatic N) is 1. The van der Waals surface area contributed by atoms with Crippen molar-refractivity contribution in [3.05, 3.63) is 30.1 Å². The summed E-state index contributed by atoms with van der Waals surface area (Å²) in [5, 5.41) is 3.32. The molecule has 1 aromatic carbocycles. The summed E-state index contributed by atoms with van der Waals surface area (Å²) < 4.78 is 12.4. The second kappa shape index (κ2) is 3.01. The monoisotopic (exact) mass is 153 g/mol. The quantitative estimate of drug-likeness (QED) is 0.646. The van der Waals surface area contributed by atoms with Gasteiger partial charge in [0.25, 0.3) is 0 Å². The number of primary amides is 1. The van der Waals surface area contributed by atoms with E-state index in [0.29, 0.717) is 0 Å². The fourth-order valence-corrected chi connectivity index (χ4v) is 0.673. The molecule has 1 aromatic rings. The van der Waals surface area contributed by atoms with Crippen molar-refractivity contribution in [2.75, 3.05) is 0 Å². The Morgan fingerprint density at radius 1 is 1.55 bits per heavy atom. The van der Waals surface area contributed by atoms with E-state index >= 15 is 0 Å². The molecule has 0 spiro atoms. The Labute approximate surface area is 63.0 Å². The van der Waals surface area contributed by atoms with Crippen LogP contribution in [0.5, 0.6) is 0 Å². The Hall–Kier alpha value is -1.58. The molecule has 0 aromatic heterocycles. The van der Waals surface area contributed by atoms with Crippen molar-refractivity contribution < 1.29 is 9.18 Å². The van der Waals surface area contributed by atoms with Gasteiger partial charge in [0.1, 0.15) is 5.82 Å². The number of carbonyl (C=O) groups excluding carboxylic acids is 1. The first kappa shape index (κ1) is 7.53. The largest absolute Gasteiger partial charge is 0.350 e. The van der Waals surface area contributed by atoms with Crippen LogP contribution in [0.25, 0.3) is 0 Å². The fourth-order valence-electron chi connectivity index (χ4n) is 0.673. The summed E-state index contributed by atoms with van der Waals surface area (Å²) in [6.45, 7) is 0. The predicted molar refractivity (Wildman–Crippen MR) is 37.8 cm³/mol. The lowest BCUT2D eigenvalue weighted by molar-refractivity contribution is 0.252. The first-order valence-corrected chi connectivity index (χ1v) is 2.95. The third-order valence-electron chi connectivity index (χ3n) is 1.05. The van der Waals surface area contributed by atoms with Gasteiger partial charge < -0.3 is 5.73 Å². The Balaban J connectivity index is 2.79. The highest BCUT2D eigenvalue weighted by molar-refractivity contribution is 5.76. The van der Waals surface area contributed by atoms with Gasteiger partial charge in [0.2, 0.25) is 0 Å². The van der Waals surface area contributed by atoms with Crippen LogP contribution in [-0.4, -0.2) is 6.03 Å². The highest BCUT2D eigenvalue weighted by atomic mass is 19.1. The minimum absolute atomic E-state index is 0.234. The molecule has 0 saturated carbocycles. The van der Waals surface area contributed by atoms with E-state index in [4.69, 9.17) is 5.73 Å². The third kappa shape index (κ3) is 2.25. The van der Waals surface area contributed by atoms with Crippen LogP contribution >= 0.6 is 0 Å². The Kier molecular flexibility index (Phi) is 2.06. The molecule has 0 aliphatic heterocycles. The van der Waals surface area contributed by atoms with Gasteiger partial charge in [0.15, 0.2) is 0 Å². The highest BCUT2D eigenvalue weighted by Crippen LogP contribution is 2.08. The third-order valence-corrected chi connectivity index (χ3v) is 1.05. The lowest BCUT2D eigenvalue weighted by atomic mass is 10.3. The molecule has 0 heterocycles. The maximum absolute atomic E-state index is 12.4. The van der Waals surface area contributed by atoms with E-state index in [9.17, 15) is 9.18 Å². The molecule has 3 nitrogen and oxygen atoms in total. The molecule has 2 amide bonds. The van der Waals surface area contributed by atoms with Crippen LogP contribution in [0.2, 0.25) is 0 Å². The topological polar surface area (TPSA) is 57.2 Å². The molecule has 57 valence electrons. The number of hydrogen-bond donors (Lipinski definition) is 1. The number of amides is 2. The van der Waals surface area contributed by atoms with Gasteiger partial charge in [0, 0.05) is 0 Å². The highest BCUT2D eigenvalue weighted by Gasteiger charge is 1.98. The lowest BCUT2D eigenvalue weighted by Gasteiger charge is -1.95. The normalized spacial score (nSPS) is 9.18. The van der Waals surface area contributed by atoms with Crippen LogP contribution in [0, 0.1) is 5.82 Å². The zero-order valence-corrected chi connectivity index (χ0v) is 5.62. The summed E-state index contributed by atoms with van der Waals surface area (Å²) in [5.41, 5.74) is 4.98. The number of nitrogens with two attached hydrogens (primary N) is 1. The maximum Gasteiger partial charge on any atom is 0.338 e. The number of rotatable bonds is 1. The Bertz CT molecular complexity index is 275. The molecular weight excluding hydrogens is 147 g/mol. The Morgan fingerprint density at radius 3 is 2.82 bits per heavy atom. The predicted octanol–water partition coefficient (Wildman–Crippen LogP) is 1.14. The summed E-state index contributed by atoms with van der Waals surface area (Å²) in [4.78, 5) is 10.2. The maximum atomic E-state index is 12.4. The number of urea groups is 1. The first-order valence-electron chi connectivity index (χ1n) is 2.95. The van der Waals surface area contributed by atoms with Gasteiger partial charge in [0.05, 0.1) is 5.69 Å². The van der Waals surface area contributed by atoms with E-state index < -0.39 is 11.8 Å². The molecule has 0 unspecified atom stereocenters. The molecule has 4 heteroatoms. The molecule has 1 radical (unpaired) electrons. The smallest absolute Gasteiger partial charge is 0.338 e. The van der Waals surface area contributed by atoms with E-state index in [1.54, 1.807) is 0 Å². The van der Waals surface area contributed by atoms with Crippen molar-refractivity contribution >= 4 is 11.7 Å². The SMILES string of the molecule is NC(=O)[N]c1cccc(F)c1. The lowest BCUT2D eigenvalue weighted by Crippen LogP contribution is -2.18. The van der Waals surface area contributed by atoms with Gasteiger partial charge >= 0.3 is 6.03 Å².